The lowest BCUT2D eigenvalue weighted by molar-refractivity contribution is -0.136. The van der Waals surface area contributed by atoms with E-state index >= 15 is 0 Å². The van der Waals surface area contributed by atoms with Crippen LogP contribution >= 0.6 is 0 Å². The second-order valence-electron chi connectivity index (χ2n) is 7.22. The van der Waals surface area contributed by atoms with Gasteiger partial charge in [0, 0.05) is 43.2 Å². The van der Waals surface area contributed by atoms with E-state index in [-0.39, 0.29) is 11.8 Å². The first kappa shape index (κ1) is 16.9. The summed E-state index contributed by atoms with van der Waals surface area (Å²) in [5, 5.41) is 4.87. The number of fused-ring (bicyclic) bond motifs is 1. The average molecular weight is 325 g/mol. The van der Waals surface area contributed by atoms with E-state index in [9.17, 15) is 4.79 Å². The summed E-state index contributed by atoms with van der Waals surface area (Å²) in [6, 6.07) is 11.0. The minimum Gasteiger partial charge on any atom is -0.342 e. The highest BCUT2D eigenvalue weighted by atomic mass is 16.2. The number of likely N-dealkylation sites (tertiary alicyclic amines) is 1. The van der Waals surface area contributed by atoms with E-state index in [0.29, 0.717) is 12.0 Å². The number of amides is 1. The van der Waals surface area contributed by atoms with Gasteiger partial charge in [0.05, 0.1) is 5.52 Å². The molecular formula is C20H27N3O. The zero-order chi connectivity index (χ0) is 17.1. The lowest BCUT2D eigenvalue weighted by Gasteiger charge is -2.38. The Kier molecular flexibility index (Phi) is 5.14. The summed E-state index contributed by atoms with van der Waals surface area (Å²) >= 11 is 0. The van der Waals surface area contributed by atoms with E-state index in [0.717, 1.165) is 31.6 Å². The molecule has 0 unspecified atom stereocenters. The summed E-state index contributed by atoms with van der Waals surface area (Å²) in [5.74, 6) is 0.846. The molecule has 24 heavy (non-hydrogen) atoms. The molecule has 1 aromatic heterocycles. The van der Waals surface area contributed by atoms with E-state index in [1.54, 1.807) is 0 Å². The molecule has 1 saturated heterocycles. The summed E-state index contributed by atoms with van der Waals surface area (Å²) in [6.07, 6.45) is 2.85. The van der Waals surface area contributed by atoms with Gasteiger partial charge < -0.3 is 10.2 Å². The molecule has 128 valence electrons. The largest absolute Gasteiger partial charge is 0.342 e. The first-order valence-corrected chi connectivity index (χ1v) is 8.90. The number of benzene rings is 1. The zero-order valence-corrected chi connectivity index (χ0v) is 14.8. The molecular weight excluding hydrogens is 298 g/mol. The number of hydrogen-bond acceptors (Lipinski definition) is 3. The molecule has 4 heteroatoms. The van der Waals surface area contributed by atoms with Crippen molar-refractivity contribution in [2.45, 2.75) is 39.8 Å². The Labute approximate surface area is 144 Å². The molecule has 4 nitrogen and oxygen atoms in total. The summed E-state index contributed by atoms with van der Waals surface area (Å²) < 4.78 is 0. The highest BCUT2D eigenvalue weighted by Crippen LogP contribution is 2.20. The number of hydrogen-bond donors (Lipinski definition) is 1. The first-order chi connectivity index (χ1) is 11.5. The van der Waals surface area contributed by atoms with Crippen LogP contribution < -0.4 is 5.32 Å². The van der Waals surface area contributed by atoms with Crippen molar-refractivity contribution in [2.75, 3.05) is 13.1 Å². The predicted octanol–water partition coefficient (Wildman–Crippen LogP) is 3.22. The fourth-order valence-corrected chi connectivity index (χ4v) is 3.50. The molecule has 2 aromatic rings. The quantitative estimate of drug-likeness (QED) is 0.939. The van der Waals surface area contributed by atoms with Crippen molar-refractivity contribution in [3.8, 4) is 0 Å². The normalized spacial score (nSPS) is 21.4. The Morgan fingerprint density at radius 1 is 1.38 bits per heavy atom. The van der Waals surface area contributed by atoms with Crippen molar-refractivity contribution in [1.82, 2.24) is 15.2 Å². The molecule has 1 N–H and O–H groups in total. The molecule has 1 aromatic carbocycles. The van der Waals surface area contributed by atoms with Gasteiger partial charge in [-0.3, -0.25) is 9.78 Å². The topological polar surface area (TPSA) is 45.2 Å². The zero-order valence-electron chi connectivity index (χ0n) is 14.8. The Balaban J connectivity index is 1.57. The van der Waals surface area contributed by atoms with Gasteiger partial charge in [-0.1, -0.05) is 32.9 Å². The number of nitrogens with one attached hydrogen (secondary N) is 1. The summed E-state index contributed by atoms with van der Waals surface area (Å²) in [4.78, 5) is 18.5. The van der Waals surface area contributed by atoms with Crippen LogP contribution in [0.4, 0.5) is 0 Å². The first-order valence-electron chi connectivity index (χ1n) is 8.90. The van der Waals surface area contributed by atoms with Gasteiger partial charge in [-0.25, -0.2) is 0 Å². The van der Waals surface area contributed by atoms with Crippen LogP contribution in [0.2, 0.25) is 0 Å². The molecule has 1 aliphatic rings. The van der Waals surface area contributed by atoms with Gasteiger partial charge in [0.2, 0.25) is 5.91 Å². The monoisotopic (exact) mass is 325 g/mol. The SMILES string of the molecule is CC(C)C(=O)N1CC[C@H](NCc2ccc3ncccc3c2)[C@@H](C)C1. The van der Waals surface area contributed by atoms with Crippen LogP contribution in [-0.2, 0) is 11.3 Å². The lowest BCUT2D eigenvalue weighted by Crippen LogP contribution is -2.50. The Morgan fingerprint density at radius 2 is 2.21 bits per heavy atom. The van der Waals surface area contributed by atoms with Gasteiger partial charge in [0.25, 0.3) is 0 Å². The molecule has 1 fully saturated rings. The second-order valence-corrected chi connectivity index (χ2v) is 7.22. The third kappa shape index (κ3) is 3.75. The predicted molar refractivity (Wildman–Crippen MR) is 97.6 cm³/mol. The summed E-state index contributed by atoms with van der Waals surface area (Å²) in [6.45, 7) is 8.77. The van der Waals surface area contributed by atoms with Gasteiger partial charge >= 0.3 is 0 Å². The maximum absolute atomic E-state index is 12.2. The van der Waals surface area contributed by atoms with Crippen LogP contribution in [0.25, 0.3) is 10.9 Å². The lowest BCUT2D eigenvalue weighted by atomic mass is 9.92. The van der Waals surface area contributed by atoms with Crippen LogP contribution in [0, 0.1) is 11.8 Å². The Morgan fingerprint density at radius 3 is 2.96 bits per heavy atom. The fraction of sp³-hybridized carbons (Fsp3) is 0.500. The number of aromatic nitrogens is 1. The van der Waals surface area contributed by atoms with Crippen molar-refractivity contribution >= 4 is 16.8 Å². The van der Waals surface area contributed by atoms with Crippen molar-refractivity contribution in [3.05, 3.63) is 42.1 Å². The van der Waals surface area contributed by atoms with Crippen molar-refractivity contribution in [1.29, 1.82) is 0 Å². The highest BCUT2D eigenvalue weighted by molar-refractivity contribution is 5.79. The van der Waals surface area contributed by atoms with Gasteiger partial charge in [0.1, 0.15) is 0 Å². The molecule has 3 rings (SSSR count). The smallest absolute Gasteiger partial charge is 0.225 e. The van der Waals surface area contributed by atoms with Gasteiger partial charge in [-0.05, 0) is 36.1 Å². The number of nitrogens with zero attached hydrogens (tertiary/aromatic N) is 2. The third-order valence-corrected chi connectivity index (χ3v) is 4.95. The van der Waals surface area contributed by atoms with E-state index in [1.165, 1.54) is 10.9 Å². The van der Waals surface area contributed by atoms with Crippen LogP contribution in [0.1, 0.15) is 32.8 Å². The minimum atomic E-state index is 0.0907. The molecule has 2 heterocycles. The van der Waals surface area contributed by atoms with E-state index in [2.05, 4.69) is 41.5 Å². The molecule has 2 atom stereocenters. The fourth-order valence-electron chi connectivity index (χ4n) is 3.50. The maximum Gasteiger partial charge on any atom is 0.225 e. The Bertz CT molecular complexity index is 713. The third-order valence-electron chi connectivity index (χ3n) is 4.95. The molecule has 0 bridgehead atoms. The van der Waals surface area contributed by atoms with Crippen LogP contribution in [0.5, 0.6) is 0 Å². The van der Waals surface area contributed by atoms with Crippen LogP contribution in [-0.4, -0.2) is 34.9 Å². The van der Waals surface area contributed by atoms with Gasteiger partial charge in [-0.2, -0.15) is 0 Å². The van der Waals surface area contributed by atoms with Crippen molar-refractivity contribution in [2.24, 2.45) is 11.8 Å². The summed E-state index contributed by atoms with van der Waals surface area (Å²) in [5.41, 5.74) is 2.32. The molecule has 1 amide bonds. The van der Waals surface area contributed by atoms with E-state index < -0.39 is 0 Å². The minimum absolute atomic E-state index is 0.0907. The highest BCUT2D eigenvalue weighted by Gasteiger charge is 2.29. The Hall–Kier alpha value is -1.94. The van der Waals surface area contributed by atoms with E-state index in [4.69, 9.17) is 0 Å². The number of pyridine rings is 1. The summed E-state index contributed by atoms with van der Waals surface area (Å²) in [7, 11) is 0. The number of carbonyl (C=O) groups is 1. The number of piperidine rings is 1. The molecule has 0 aliphatic carbocycles. The number of carbonyl (C=O) groups excluding carboxylic acids is 1. The van der Waals surface area contributed by atoms with Gasteiger partial charge in [-0.15, -0.1) is 0 Å². The molecule has 0 spiro atoms. The molecule has 0 radical (unpaired) electrons. The van der Waals surface area contributed by atoms with Gasteiger partial charge in [0.15, 0.2) is 0 Å². The number of rotatable bonds is 4. The average Bonchev–Trinajstić information content (AvgIpc) is 2.59. The molecule has 0 saturated carbocycles. The van der Waals surface area contributed by atoms with Crippen LogP contribution in [0.3, 0.4) is 0 Å². The van der Waals surface area contributed by atoms with Crippen molar-refractivity contribution in [3.63, 3.8) is 0 Å². The second kappa shape index (κ2) is 7.31. The maximum atomic E-state index is 12.2. The van der Waals surface area contributed by atoms with E-state index in [1.807, 2.05) is 31.0 Å². The van der Waals surface area contributed by atoms with Crippen molar-refractivity contribution < 1.29 is 4.79 Å². The standard InChI is InChI=1S/C20H27N3O/c1-14(2)20(24)23-10-8-18(15(3)13-23)22-12-16-6-7-19-17(11-16)5-4-9-21-19/h4-7,9,11,14-15,18,22H,8,10,12-13H2,1-3H3/t15-,18-/m0/s1. The van der Waals surface area contributed by atoms with Crippen LogP contribution in [0.15, 0.2) is 36.5 Å². The molecule has 1 aliphatic heterocycles.